The summed E-state index contributed by atoms with van der Waals surface area (Å²) in [6.07, 6.45) is 0. The minimum atomic E-state index is 0.392. The van der Waals surface area contributed by atoms with Gasteiger partial charge in [-0.15, -0.1) is 0 Å². The third kappa shape index (κ3) is 3.10. The molecule has 1 fully saturated rings. The normalized spacial score (nSPS) is 17.5. The Morgan fingerprint density at radius 3 is 2.59 bits per heavy atom. The van der Waals surface area contributed by atoms with Crippen LogP contribution in [0.15, 0.2) is 18.2 Å². The Balaban J connectivity index is 2.10. The zero-order valence-electron chi connectivity index (χ0n) is 10.0. The number of anilines is 1. The van der Waals surface area contributed by atoms with Gasteiger partial charge in [-0.25, -0.2) is 5.90 Å². The summed E-state index contributed by atoms with van der Waals surface area (Å²) < 4.78 is 0. The van der Waals surface area contributed by atoms with Crippen molar-refractivity contribution in [2.45, 2.75) is 6.61 Å². The van der Waals surface area contributed by atoms with E-state index in [1.54, 1.807) is 0 Å². The van der Waals surface area contributed by atoms with Gasteiger partial charge in [0.2, 0.25) is 0 Å². The van der Waals surface area contributed by atoms with Crippen LogP contribution in [0.1, 0.15) is 5.56 Å². The molecule has 2 rings (SSSR count). The van der Waals surface area contributed by atoms with E-state index in [2.05, 4.69) is 21.7 Å². The zero-order valence-corrected chi connectivity index (χ0v) is 10.8. The Labute approximate surface area is 107 Å². The van der Waals surface area contributed by atoms with Crippen LogP contribution in [0, 0.1) is 0 Å². The number of piperazine rings is 1. The van der Waals surface area contributed by atoms with Crippen LogP contribution < -0.4 is 10.8 Å². The number of hydrogen-bond donors (Lipinski definition) is 1. The molecule has 5 heteroatoms. The van der Waals surface area contributed by atoms with Crippen molar-refractivity contribution in [2.75, 3.05) is 38.1 Å². The third-order valence-corrected chi connectivity index (χ3v) is 3.41. The van der Waals surface area contributed by atoms with Gasteiger partial charge in [-0.05, 0) is 24.7 Å². The average molecular weight is 256 g/mol. The summed E-state index contributed by atoms with van der Waals surface area (Å²) in [6, 6.07) is 5.97. The van der Waals surface area contributed by atoms with Crippen LogP contribution in [0.3, 0.4) is 0 Å². The van der Waals surface area contributed by atoms with Crippen LogP contribution in [-0.2, 0) is 11.4 Å². The Morgan fingerprint density at radius 2 is 2.00 bits per heavy atom. The fourth-order valence-electron chi connectivity index (χ4n) is 2.04. The molecule has 2 N–H and O–H groups in total. The number of nitrogens with two attached hydrogens (primary N) is 1. The number of rotatable bonds is 3. The Morgan fingerprint density at radius 1 is 1.29 bits per heavy atom. The average Bonchev–Trinajstić information content (AvgIpc) is 2.31. The summed E-state index contributed by atoms with van der Waals surface area (Å²) in [7, 11) is 2.14. The van der Waals surface area contributed by atoms with Crippen LogP contribution in [0.4, 0.5) is 5.69 Å². The van der Waals surface area contributed by atoms with Gasteiger partial charge in [-0.3, -0.25) is 4.84 Å². The van der Waals surface area contributed by atoms with Crippen LogP contribution in [0.2, 0.25) is 5.02 Å². The first-order valence-electron chi connectivity index (χ1n) is 5.74. The number of benzene rings is 1. The van der Waals surface area contributed by atoms with Gasteiger partial charge in [0, 0.05) is 26.2 Å². The molecule has 1 aliphatic heterocycles. The first kappa shape index (κ1) is 12.6. The smallest absolute Gasteiger partial charge is 0.0930 e. The van der Waals surface area contributed by atoms with Gasteiger partial charge < -0.3 is 9.80 Å². The molecule has 1 heterocycles. The quantitative estimate of drug-likeness (QED) is 0.831. The van der Waals surface area contributed by atoms with Gasteiger partial charge in [0.1, 0.15) is 0 Å². The largest absolute Gasteiger partial charge is 0.368 e. The second-order valence-corrected chi connectivity index (χ2v) is 4.79. The van der Waals surface area contributed by atoms with Gasteiger partial charge in [-0.2, -0.15) is 0 Å². The molecule has 0 amide bonds. The maximum Gasteiger partial charge on any atom is 0.0930 e. The summed E-state index contributed by atoms with van der Waals surface area (Å²) in [4.78, 5) is 9.24. The van der Waals surface area contributed by atoms with E-state index in [4.69, 9.17) is 17.5 Å². The van der Waals surface area contributed by atoms with Crippen LogP contribution in [-0.4, -0.2) is 38.1 Å². The van der Waals surface area contributed by atoms with Gasteiger partial charge >= 0.3 is 0 Å². The molecule has 1 aromatic carbocycles. The minimum Gasteiger partial charge on any atom is -0.368 e. The van der Waals surface area contributed by atoms with Gasteiger partial charge in [-0.1, -0.05) is 17.7 Å². The lowest BCUT2D eigenvalue weighted by molar-refractivity contribution is 0.124. The molecule has 1 saturated heterocycles. The van der Waals surface area contributed by atoms with Crippen LogP contribution in [0.25, 0.3) is 0 Å². The van der Waals surface area contributed by atoms with Crippen molar-refractivity contribution in [3.8, 4) is 0 Å². The van der Waals surface area contributed by atoms with E-state index < -0.39 is 0 Å². The van der Waals surface area contributed by atoms with E-state index >= 15 is 0 Å². The van der Waals surface area contributed by atoms with Crippen molar-refractivity contribution in [1.29, 1.82) is 0 Å². The van der Waals surface area contributed by atoms with E-state index in [0.29, 0.717) is 6.61 Å². The van der Waals surface area contributed by atoms with E-state index in [9.17, 15) is 0 Å². The predicted molar refractivity (Wildman–Crippen MR) is 70.1 cm³/mol. The third-order valence-electron chi connectivity index (χ3n) is 3.11. The highest BCUT2D eigenvalue weighted by Crippen LogP contribution is 2.27. The van der Waals surface area contributed by atoms with Crippen molar-refractivity contribution in [3.63, 3.8) is 0 Å². The molecule has 0 aromatic heterocycles. The number of nitrogens with zero attached hydrogens (tertiary/aromatic N) is 2. The second kappa shape index (κ2) is 5.69. The molecule has 0 saturated carbocycles. The molecule has 4 nitrogen and oxygen atoms in total. The molecule has 0 atom stereocenters. The molecular formula is C12H18ClN3O. The monoisotopic (exact) mass is 255 g/mol. The summed E-state index contributed by atoms with van der Waals surface area (Å²) in [6.45, 7) is 4.57. The van der Waals surface area contributed by atoms with Crippen molar-refractivity contribution in [3.05, 3.63) is 28.8 Å². The van der Waals surface area contributed by atoms with Crippen molar-refractivity contribution < 1.29 is 4.84 Å². The first-order chi connectivity index (χ1) is 8.20. The Kier molecular flexibility index (Phi) is 4.23. The maximum absolute atomic E-state index is 6.28. The lowest BCUT2D eigenvalue weighted by atomic mass is 10.2. The molecule has 17 heavy (non-hydrogen) atoms. The van der Waals surface area contributed by atoms with Gasteiger partial charge in [0.25, 0.3) is 0 Å². The Bertz CT molecular complexity index is 378. The summed E-state index contributed by atoms with van der Waals surface area (Å²) >= 11 is 6.28. The standard InChI is InChI=1S/C12H18ClN3O/c1-15-4-6-16(7-5-15)12-3-2-10(9-17-14)8-11(12)13/h2-3,8H,4-7,9,14H2,1H3. The molecule has 1 aromatic rings. The Hall–Kier alpha value is -0.810. The second-order valence-electron chi connectivity index (χ2n) is 4.39. The highest BCUT2D eigenvalue weighted by atomic mass is 35.5. The molecule has 1 aliphatic rings. The van der Waals surface area contributed by atoms with E-state index in [-0.39, 0.29) is 0 Å². The number of likely N-dealkylation sites (N-methyl/N-ethyl adjacent to an activating group) is 1. The molecule has 94 valence electrons. The first-order valence-corrected chi connectivity index (χ1v) is 6.12. The SMILES string of the molecule is CN1CCN(c2ccc(CON)cc2Cl)CC1. The molecule has 0 spiro atoms. The number of hydrogen-bond acceptors (Lipinski definition) is 4. The summed E-state index contributed by atoms with van der Waals surface area (Å²) in [5, 5.41) is 0.768. The van der Waals surface area contributed by atoms with E-state index in [0.717, 1.165) is 42.5 Å². The van der Waals surface area contributed by atoms with Crippen LogP contribution >= 0.6 is 11.6 Å². The molecular weight excluding hydrogens is 238 g/mol. The maximum atomic E-state index is 6.28. The molecule has 0 bridgehead atoms. The summed E-state index contributed by atoms with van der Waals surface area (Å²) in [5.74, 6) is 5.05. The number of halogens is 1. The zero-order chi connectivity index (χ0) is 12.3. The molecule has 0 unspecified atom stereocenters. The molecule has 0 radical (unpaired) electrons. The summed E-state index contributed by atoms with van der Waals surface area (Å²) in [5.41, 5.74) is 2.09. The highest BCUT2D eigenvalue weighted by molar-refractivity contribution is 6.33. The topological polar surface area (TPSA) is 41.7 Å². The van der Waals surface area contributed by atoms with Gasteiger partial charge in [0.05, 0.1) is 17.3 Å². The van der Waals surface area contributed by atoms with E-state index in [1.165, 1.54) is 0 Å². The van der Waals surface area contributed by atoms with Crippen LogP contribution in [0.5, 0.6) is 0 Å². The predicted octanol–water partition coefficient (Wildman–Crippen LogP) is 1.48. The van der Waals surface area contributed by atoms with Crippen molar-refractivity contribution in [2.24, 2.45) is 5.90 Å². The van der Waals surface area contributed by atoms with Crippen molar-refractivity contribution >= 4 is 17.3 Å². The van der Waals surface area contributed by atoms with E-state index in [1.807, 2.05) is 18.2 Å². The fraction of sp³-hybridized carbons (Fsp3) is 0.500. The fourth-order valence-corrected chi connectivity index (χ4v) is 2.36. The van der Waals surface area contributed by atoms with Crippen molar-refractivity contribution in [1.82, 2.24) is 4.90 Å². The lowest BCUT2D eigenvalue weighted by Crippen LogP contribution is -2.44. The highest BCUT2D eigenvalue weighted by Gasteiger charge is 2.16. The minimum absolute atomic E-state index is 0.392. The lowest BCUT2D eigenvalue weighted by Gasteiger charge is -2.34. The van der Waals surface area contributed by atoms with Gasteiger partial charge in [0.15, 0.2) is 0 Å². The molecule has 0 aliphatic carbocycles.